The van der Waals surface area contributed by atoms with Gasteiger partial charge in [-0.15, -0.1) is 5.70 Å². The maximum absolute atomic E-state index is 6.35. The van der Waals surface area contributed by atoms with E-state index in [9.17, 15) is 0 Å². The Morgan fingerprint density at radius 3 is 1.80 bits per heavy atom. The second-order valence-electron chi connectivity index (χ2n) is 12.6. The minimum Gasteiger partial charge on any atom is -0.677 e. The van der Waals surface area contributed by atoms with E-state index >= 15 is 0 Å². The molecule has 0 saturated heterocycles. The first kappa shape index (κ1) is 32.2. The third-order valence-corrected chi connectivity index (χ3v) is 7.18. The molecule has 1 radical (unpaired) electrons. The number of hydrogen-bond acceptors (Lipinski definition) is 5. The van der Waals surface area contributed by atoms with Crippen LogP contribution in [0.3, 0.4) is 0 Å². The van der Waals surface area contributed by atoms with Crippen LogP contribution in [0.1, 0.15) is 63.8 Å². The van der Waals surface area contributed by atoms with E-state index in [1.807, 2.05) is 6.08 Å². The van der Waals surface area contributed by atoms with Gasteiger partial charge in [0.15, 0.2) is 0 Å². The van der Waals surface area contributed by atoms with Crippen molar-refractivity contribution in [3.05, 3.63) is 87.9 Å². The summed E-state index contributed by atoms with van der Waals surface area (Å²) in [4.78, 5) is 0. The molecule has 0 aliphatic carbocycles. The van der Waals surface area contributed by atoms with Gasteiger partial charge in [-0.05, 0) is 34.1 Å². The van der Waals surface area contributed by atoms with Crippen LogP contribution in [0.4, 0.5) is 0 Å². The summed E-state index contributed by atoms with van der Waals surface area (Å²) < 4.78 is 12.7. The number of rotatable bonds is 0. The van der Waals surface area contributed by atoms with Gasteiger partial charge in [-0.1, -0.05) is 90.1 Å². The number of nitrogens with zero attached hydrogens (tertiary/aromatic N) is 1. The Balaban J connectivity index is 0.00000441. The standard InChI is InChI=1S/C33H47N4O2.Cu/c1-32(2,3)26-10-12-30-24(18-26)20-35-16-14-34-15-17-36-21-25-19-27(33(4,5)6)11-13-31(25)39-23-29-9-7-8-28(37-29)22-38-30;/h7-13,18-19,28,34-36H,14-17,20-23H2,1-6H3;/q-1;+2. The average Bonchev–Trinajstić information content (AvgIpc) is 2.89. The third-order valence-electron chi connectivity index (χ3n) is 7.18. The summed E-state index contributed by atoms with van der Waals surface area (Å²) in [5.41, 5.74) is 6.07. The topological polar surface area (TPSA) is 68.7 Å². The second kappa shape index (κ2) is 14.6. The molecule has 2 aromatic carbocycles. The maximum atomic E-state index is 6.35. The fourth-order valence-electron chi connectivity index (χ4n) is 4.67. The Hall–Kier alpha value is -2.28. The van der Waals surface area contributed by atoms with E-state index in [1.165, 1.54) is 22.3 Å². The zero-order valence-electron chi connectivity index (χ0n) is 25.0. The summed E-state index contributed by atoms with van der Waals surface area (Å²) in [6.45, 7) is 19.5. The minimum atomic E-state index is -0.0455. The van der Waals surface area contributed by atoms with E-state index in [2.05, 4.69) is 106 Å². The molecule has 2 aliphatic heterocycles. The van der Waals surface area contributed by atoms with E-state index in [1.54, 1.807) is 0 Å². The molecule has 1 atom stereocenters. The van der Waals surface area contributed by atoms with Crippen LogP contribution in [0.5, 0.6) is 11.5 Å². The van der Waals surface area contributed by atoms with Gasteiger partial charge in [-0.25, -0.2) is 0 Å². The number of ether oxygens (including phenoxy) is 2. The number of hydrogen-bond donors (Lipinski definition) is 3. The fraction of sp³-hybridized carbons (Fsp3) is 0.515. The molecule has 4 rings (SSSR count). The molecule has 2 bridgehead atoms. The molecule has 1 unspecified atom stereocenters. The molecule has 221 valence electrons. The van der Waals surface area contributed by atoms with Crippen LogP contribution in [0, 0.1) is 0 Å². The first-order chi connectivity index (χ1) is 18.6. The molecule has 0 saturated carbocycles. The predicted octanol–water partition coefficient (Wildman–Crippen LogP) is 5.72. The first-order valence-corrected chi connectivity index (χ1v) is 14.3. The molecule has 0 spiro atoms. The average molecular weight is 595 g/mol. The number of fused-ring (bicyclic) bond motifs is 4. The Kier molecular flexibility index (Phi) is 11.7. The van der Waals surface area contributed by atoms with Crippen LogP contribution in [0.15, 0.2) is 60.3 Å². The minimum absolute atomic E-state index is 0. The molecular weight excluding hydrogens is 548 g/mol. The van der Waals surface area contributed by atoms with Crippen LogP contribution >= 0.6 is 0 Å². The third kappa shape index (κ3) is 9.39. The summed E-state index contributed by atoms with van der Waals surface area (Å²) in [6, 6.07) is 13.1. The Morgan fingerprint density at radius 1 is 0.725 bits per heavy atom. The largest absolute Gasteiger partial charge is 2.00 e. The van der Waals surface area contributed by atoms with Crippen molar-refractivity contribution in [2.75, 3.05) is 39.4 Å². The SMILES string of the molecule is CC(C)(C)c1ccc2c(c1)CNCCNCCNCc1cc(C(C)(C)C)ccc1OCC1C=CC=C(CO2)[N-]1.[Cu+2]. The summed E-state index contributed by atoms with van der Waals surface area (Å²) in [5, 5.41) is 15.6. The second-order valence-corrected chi connectivity index (χ2v) is 12.6. The number of benzene rings is 2. The van der Waals surface area contributed by atoms with Gasteiger partial charge in [0.05, 0.1) is 13.2 Å². The van der Waals surface area contributed by atoms with Crippen molar-refractivity contribution in [3.8, 4) is 11.5 Å². The quantitative estimate of drug-likeness (QED) is 0.341. The Labute approximate surface area is 252 Å². The molecule has 3 N–H and O–H groups in total. The van der Waals surface area contributed by atoms with Gasteiger partial charge in [-0.3, -0.25) is 0 Å². The van der Waals surface area contributed by atoms with Crippen molar-refractivity contribution >= 4 is 0 Å². The molecule has 6 nitrogen and oxygen atoms in total. The Bertz CT molecular complexity index is 1160. The first-order valence-electron chi connectivity index (χ1n) is 14.3. The molecule has 40 heavy (non-hydrogen) atoms. The smallest absolute Gasteiger partial charge is 0.677 e. The van der Waals surface area contributed by atoms with Gasteiger partial charge >= 0.3 is 17.1 Å². The van der Waals surface area contributed by atoms with Crippen molar-refractivity contribution in [3.63, 3.8) is 0 Å². The molecule has 7 heteroatoms. The Morgan fingerprint density at radius 2 is 1.25 bits per heavy atom. The van der Waals surface area contributed by atoms with Gasteiger partial charge in [0.1, 0.15) is 11.5 Å². The van der Waals surface area contributed by atoms with E-state index in [0.29, 0.717) is 13.2 Å². The van der Waals surface area contributed by atoms with E-state index < -0.39 is 0 Å². The van der Waals surface area contributed by atoms with Crippen LogP contribution < -0.4 is 25.4 Å². The summed E-state index contributed by atoms with van der Waals surface area (Å²) >= 11 is 0. The molecule has 0 amide bonds. The van der Waals surface area contributed by atoms with Crippen LogP contribution in [0.2, 0.25) is 0 Å². The predicted molar refractivity (Wildman–Crippen MR) is 162 cm³/mol. The van der Waals surface area contributed by atoms with Gasteiger partial charge in [0.2, 0.25) is 0 Å². The van der Waals surface area contributed by atoms with Crippen molar-refractivity contribution in [1.82, 2.24) is 16.0 Å². The van der Waals surface area contributed by atoms with Gasteiger partial charge in [0.25, 0.3) is 0 Å². The van der Waals surface area contributed by atoms with E-state index in [-0.39, 0.29) is 33.9 Å². The molecule has 0 fully saturated rings. The molecule has 2 aliphatic rings. The molecular formula is C33H47CuN4O2+. The molecule has 2 aromatic rings. The molecule has 0 aromatic heterocycles. The molecule has 2 heterocycles. The van der Waals surface area contributed by atoms with E-state index in [0.717, 1.165) is 56.5 Å². The van der Waals surface area contributed by atoms with Gasteiger partial charge in [0, 0.05) is 50.4 Å². The van der Waals surface area contributed by atoms with E-state index in [4.69, 9.17) is 14.8 Å². The zero-order chi connectivity index (χ0) is 27.9. The van der Waals surface area contributed by atoms with Gasteiger partial charge in [-0.2, -0.15) is 0 Å². The summed E-state index contributed by atoms with van der Waals surface area (Å²) in [6.07, 6.45) is 6.19. The van der Waals surface area contributed by atoms with Gasteiger partial charge < -0.3 is 30.7 Å². The zero-order valence-corrected chi connectivity index (χ0v) is 25.9. The van der Waals surface area contributed by atoms with Crippen LogP contribution in [-0.2, 0) is 41.0 Å². The van der Waals surface area contributed by atoms with Crippen molar-refractivity contribution in [1.29, 1.82) is 0 Å². The monoisotopic (exact) mass is 594 g/mol. The maximum Gasteiger partial charge on any atom is 2.00 e. The summed E-state index contributed by atoms with van der Waals surface area (Å²) in [5.74, 6) is 1.82. The summed E-state index contributed by atoms with van der Waals surface area (Å²) in [7, 11) is 0. The normalized spacial score (nSPS) is 19.4. The van der Waals surface area contributed by atoms with Crippen molar-refractivity contribution in [2.45, 2.75) is 71.5 Å². The fourth-order valence-corrected chi connectivity index (χ4v) is 4.67. The van der Waals surface area contributed by atoms with Crippen molar-refractivity contribution in [2.24, 2.45) is 0 Å². The number of allylic oxidation sites excluding steroid dienone is 2. The number of nitrogens with one attached hydrogen (secondary N) is 3. The van der Waals surface area contributed by atoms with Crippen LogP contribution in [-0.4, -0.2) is 45.4 Å². The van der Waals surface area contributed by atoms with Crippen molar-refractivity contribution < 1.29 is 26.5 Å². The van der Waals surface area contributed by atoms with Crippen LogP contribution in [0.25, 0.3) is 5.32 Å².